The Balaban J connectivity index is 1.46. The molecule has 2 aromatic rings. The van der Waals surface area contributed by atoms with Crippen molar-refractivity contribution < 1.29 is 13.9 Å². The predicted molar refractivity (Wildman–Crippen MR) is 93.8 cm³/mol. The van der Waals surface area contributed by atoms with E-state index < -0.39 is 5.82 Å². The molecule has 1 aliphatic heterocycles. The van der Waals surface area contributed by atoms with Crippen molar-refractivity contribution >= 4 is 5.91 Å². The molecule has 3 rings (SSSR count). The molecule has 1 amide bonds. The van der Waals surface area contributed by atoms with Gasteiger partial charge in [0.25, 0.3) is 0 Å². The number of hydrogen-bond acceptors (Lipinski definition) is 3. The Morgan fingerprint density at radius 1 is 1.24 bits per heavy atom. The molecule has 1 saturated heterocycles. The van der Waals surface area contributed by atoms with Crippen LogP contribution in [0.15, 0.2) is 48.7 Å². The summed E-state index contributed by atoms with van der Waals surface area (Å²) in [5, 5.41) is 0. The summed E-state index contributed by atoms with van der Waals surface area (Å²) in [4.78, 5) is 18.7. The summed E-state index contributed by atoms with van der Waals surface area (Å²) in [6.45, 7) is 1.74. The number of halogens is 1. The molecule has 1 aromatic heterocycles. The Labute approximate surface area is 147 Å². The summed E-state index contributed by atoms with van der Waals surface area (Å²) in [5.74, 6) is 0.312. The Morgan fingerprint density at radius 2 is 2.08 bits per heavy atom. The maximum Gasteiger partial charge on any atom is 0.226 e. The van der Waals surface area contributed by atoms with Gasteiger partial charge in [0.05, 0.1) is 13.0 Å². The van der Waals surface area contributed by atoms with E-state index in [0.717, 1.165) is 38.0 Å². The molecule has 0 radical (unpaired) electrons. The van der Waals surface area contributed by atoms with E-state index in [1.807, 2.05) is 23.1 Å². The second-order valence-electron chi connectivity index (χ2n) is 6.40. The van der Waals surface area contributed by atoms with Crippen LogP contribution >= 0.6 is 0 Å². The molecule has 0 aliphatic carbocycles. The molecule has 0 saturated carbocycles. The first-order chi connectivity index (χ1) is 12.2. The van der Waals surface area contributed by atoms with E-state index in [0.29, 0.717) is 5.92 Å². The van der Waals surface area contributed by atoms with Crippen molar-refractivity contribution in [1.82, 2.24) is 9.88 Å². The third-order valence-electron chi connectivity index (χ3n) is 4.51. The fourth-order valence-corrected chi connectivity index (χ4v) is 3.24. The van der Waals surface area contributed by atoms with Gasteiger partial charge in [-0.05, 0) is 49.4 Å². The number of hydrogen-bond donors (Lipinski definition) is 0. The normalized spacial score (nSPS) is 17.3. The number of nitrogens with zero attached hydrogens (tertiary/aromatic N) is 2. The van der Waals surface area contributed by atoms with Gasteiger partial charge in [0, 0.05) is 25.0 Å². The quantitative estimate of drug-likeness (QED) is 0.807. The Kier molecular flexibility index (Phi) is 5.99. The minimum atomic E-state index is -0.400. The highest BCUT2D eigenvalue weighted by atomic mass is 19.1. The fourth-order valence-electron chi connectivity index (χ4n) is 3.24. The van der Waals surface area contributed by atoms with Crippen LogP contribution in [0.2, 0.25) is 0 Å². The molecule has 2 heterocycles. The minimum Gasteiger partial charge on any atom is -0.490 e. The third kappa shape index (κ3) is 5.02. The summed E-state index contributed by atoms with van der Waals surface area (Å²) in [7, 11) is 0. The lowest BCUT2D eigenvalue weighted by molar-refractivity contribution is -0.133. The number of rotatable bonds is 6. The van der Waals surface area contributed by atoms with Crippen LogP contribution in [0.4, 0.5) is 4.39 Å². The van der Waals surface area contributed by atoms with Crippen molar-refractivity contribution in [3.63, 3.8) is 0 Å². The number of amides is 1. The molecule has 5 heteroatoms. The van der Waals surface area contributed by atoms with Gasteiger partial charge in [-0.1, -0.05) is 18.2 Å². The van der Waals surface area contributed by atoms with Crippen LogP contribution in [-0.2, 0) is 11.2 Å². The highest BCUT2D eigenvalue weighted by molar-refractivity contribution is 5.76. The minimum absolute atomic E-state index is 0.0714. The summed E-state index contributed by atoms with van der Waals surface area (Å²) in [6.07, 6.45) is 5.10. The van der Waals surface area contributed by atoms with Crippen molar-refractivity contribution in [3.05, 3.63) is 60.2 Å². The first-order valence-corrected chi connectivity index (χ1v) is 8.77. The van der Waals surface area contributed by atoms with Gasteiger partial charge in [-0.25, -0.2) is 4.39 Å². The lowest BCUT2D eigenvalue weighted by Gasteiger charge is -2.32. The second-order valence-corrected chi connectivity index (χ2v) is 6.40. The number of para-hydroxylation sites is 1. The molecular weight excluding hydrogens is 319 g/mol. The maximum atomic E-state index is 13.5. The van der Waals surface area contributed by atoms with Crippen LogP contribution in [0.3, 0.4) is 0 Å². The largest absolute Gasteiger partial charge is 0.490 e. The average Bonchev–Trinajstić information content (AvgIpc) is 2.64. The standard InChI is InChI=1S/C20H23FN2O2/c21-18-8-1-2-9-19(18)25-13-10-20(24)23-12-5-6-16(15-23)14-17-7-3-4-11-22-17/h1-4,7-9,11,16H,5-6,10,12-15H2/t16-/m1/s1. The highest BCUT2D eigenvalue weighted by Crippen LogP contribution is 2.21. The predicted octanol–water partition coefficient (Wildman–Crippen LogP) is 3.47. The van der Waals surface area contributed by atoms with Crippen LogP contribution in [0.25, 0.3) is 0 Å². The summed E-state index contributed by atoms with van der Waals surface area (Å²) in [5.41, 5.74) is 1.07. The SMILES string of the molecule is O=C(CCOc1ccccc1F)N1CCC[C@H](Cc2ccccn2)C1. The molecule has 4 nitrogen and oxygen atoms in total. The zero-order valence-corrected chi connectivity index (χ0v) is 14.2. The van der Waals surface area contributed by atoms with Crippen molar-refractivity contribution in [2.75, 3.05) is 19.7 Å². The molecular formula is C20H23FN2O2. The highest BCUT2D eigenvalue weighted by Gasteiger charge is 2.24. The molecule has 25 heavy (non-hydrogen) atoms. The smallest absolute Gasteiger partial charge is 0.226 e. The zero-order chi connectivity index (χ0) is 17.5. The van der Waals surface area contributed by atoms with Crippen LogP contribution in [-0.4, -0.2) is 35.5 Å². The van der Waals surface area contributed by atoms with Crippen LogP contribution in [0, 0.1) is 11.7 Å². The second kappa shape index (κ2) is 8.60. The third-order valence-corrected chi connectivity index (χ3v) is 4.51. The molecule has 0 bridgehead atoms. The maximum absolute atomic E-state index is 13.5. The van der Waals surface area contributed by atoms with Gasteiger partial charge in [-0.3, -0.25) is 9.78 Å². The number of ether oxygens (including phenoxy) is 1. The summed E-state index contributed by atoms with van der Waals surface area (Å²) in [6, 6.07) is 12.2. The Hall–Kier alpha value is -2.43. The summed E-state index contributed by atoms with van der Waals surface area (Å²) >= 11 is 0. The van der Waals surface area contributed by atoms with Gasteiger partial charge in [0.15, 0.2) is 11.6 Å². The van der Waals surface area contributed by atoms with E-state index in [1.54, 1.807) is 24.4 Å². The van der Waals surface area contributed by atoms with E-state index in [9.17, 15) is 9.18 Å². The molecule has 0 spiro atoms. The molecule has 1 aromatic carbocycles. The number of benzene rings is 1. The van der Waals surface area contributed by atoms with E-state index in [1.165, 1.54) is 6.07 Å². The summed E-state index contributed by atoms with van der Waals surface area (Å²) < 4.78 is 18.9. The first kappa shape index (κ1) is 17.4. The lowest BCUT2D eigenvalue weighted by atomic mass is 9.93. The van der Waals surface area contributed by atoms with Gasteiger partial charge in [0.1, 0.15) is 0 Å². The van der Waals surface area contributed by atoms with Gasteiger partial charge in [0.2, 0.25) is 5.91 Å². The van der Waals surface area contributed by atoms with Crippen LogP contribution in [0.1, 0.15) is 25.0 Å². The van der Waals surface area contributed by atoms with Crippen molar-refractivity contribution in [2.45, 2.75) is 25.7 Å². The van der Waals surface area contributed by atoms with Gasteiger partial charge in [-0.15, -0.1) is 0 Å². The number of aromatic nitrogens is 1. The van der Waals surface area contributed by atoms with Crippen LogP contribution < -0.4 is 4.74 Å². The average molecular weight is 342 g/mol. The van der Waals surface area contributed by atoms with Crippen molar-refractivity contribution in [3.8, 4) is 5.75 Å². The van der Waals surface area contributed by atoms with Gasteiger partial charge in [-0.2, -0.15) is 0 Å². The molecule has 132 valence electrons. The molecule has 1 atom stereocenters. The number of piperidine rings is 1. The van der Waals surface area contributed by atoms with Crippen molar-refractivity contribution in [2.24, 2.45) is 5.92 Å². The van der Waals surface area contributed by atoms with E-state index in [4.69, 9.17) is 4.74 Å². The van der Waals surface area contributed by atoms with Crippen LogP contribution in [0.5, 0.6) is 5.75 Å². The van der Waals surface area contributed by atoms with E-state index in [2.05, 4.69) is 4.98 Å². The molecule has 0 unspecified atom stereocenters. The zero-order valence-electron chi connectivity index (χ0n) is 14.2. The molecule has 1 fully saturated rings. The topological polar surface area (TPSA) is 42.4 Å². The monoisotopic (exact) mass is 342 g/mol. The Bertz CT molecular complexity index is 693. The Morgan fingerprint density at radius 3 is 2.88 bits per heavy atom. The van der Waals surface area contributed by atoms with E-state index >= 15 is 0 Å². The number of carbonyl (C=O) groups is 1. The van der Waals surface area contributed by atoms with Gasteiger partial charge < -0.3 is 9.64 Å². The molecule has 1 aliphatic rings. The first-order valence-electron chi connectivity index (χ1n) is 8.77. The van der Waals surface area contributed by atoms with Crippen molar-refractivity contribution in [1.29, 1.82) is 0 Å². The van der Waals surface area contributed by atoms with Gasteiger partial charge >= 0.3 is 0 Å². The molecule has 0 N–H and O–H groups in total. The number of pyridine rings is 1. The fraction of sp³-hybridized carbons (Fsp3) is 0.400. The lowest BCUT2D eigenvalue weighted by Crippen LogP contribution is -2.41. The number of carbonyl (C=O) groups excluding carboxylic acids is 1. The number of likely N-dealkylation sites (tertiary alicyclic amines) is 1. The van der Waals surface area contributed by atoms with E-state index in [-0.39, 0.29) is 24.7 Å².